The Morgan fingerprint density at radius 2 is 1.93 bits per heavy atom. The molecule has 10 heteroatoms. The predicted molar refractivity (Wildman–Crippen MR) is 106 cm³/mol. The first-order valence-electron chi connectivity index (χ1n) is 9.01. The lowest BCUT2D eigenvalue weighted by Crippen LogP contribution is -2.25. The maximum atomic E-state index is 12.6. The van der Waals surface area contributed by atoms with E-state index in [2.05, 4.69) is 0 Å². The smallest absolute Gasteiger partial charge is 0.341 e. The summed E-state index contributed by atoms with van der Waals surface area (Å²) >= 11 is 6.44. The number of carbonyl (C=O) groups is 2. The van der Waals surface area contributed by atoms with Crippen LogP contribution in [0.25, 0.3) is 0 Å². The van der Waals surface area contributed by atoms with Gasteiger partial charge in [-0.15, -0.1) is 0 Å². The van der Waals surface area contributed by atoms with Crippen molar-refractivity contribution < 1.29 is 33.6 Å². The summed E-state index contributed by atoms with van der Waals surface area (Å²) in [7, 11) is 0. The van der Waals surface area contributed by atoms with Crippen LogP contribution >= 0.6 is 11.6 Å². The van der Waals surface area contributed by atoms with Crippen LogP contribution in [0.5, 0.6) is 11.5 Å². The number of benzene rings is 1. The standard InChI is InChI=1S/C20H21ClN2O7/c1-4-27-14-6-11(13(21)7-15(14)29-9-16(24)25)18-12(8-22)19(23)30-10(3)17(18)20(26)28-5-2/h6-7,18H,4-5,9,23H2,1-3H3,(H,24,25). The minimum atomic E-state index is -1.17. The Morgan fingerprint density at radius 1 is 1.27 bits per heavy atom. The number of nitrogens with two attached hydrogens (primary N) is 1. The molecular formula is C20H21ClN2O7. The lowest BCUT2D eigenvalue weighted by Gasteiger charge is -2.28. The van der Waals surface area contributed by atoms with E-state index < -0.39 is 24.5 Å². The number of rotatable bonds is 8. The molecule has 0 fully saturated rings. The quantitative estimate of drug-likeness (QED) is 0.588. The highest BCUT2D eigenvalue weighted by molar-refractivity contribution is 6.31. The summed E-state index contributed by atoms with van der Waals surface area (Å²) in [5.74, 6) is -2.50. The van der Waals surface area contributed by atoms with Crippen molar-refractivity contribution in [3.8, 4) is 17.6 Å². The number of esters is 1. The van der Waals surface area contributed by atoms with Gasteiger partial charge in [0.25, 0.3) is 0 Å². The van der Waals surface area contributed by atoms with Gasteiger partial charge in [-0.05, 0) is 32.4 Å². The van der Waals surface area contributed by atoms with E-state index in [0.717, 1.165) is 0 Å². The van der Waals surface area contributed by atoms with Crippen molar-refractivity contribution in [2.45, 2.75) is 26.7 Å². The van der Waals surface area contributed by atoms with Gasteiger partial charge in [0.15, 0.2) is 18.1 Å². The molecule has 0 spiro atoms. The molecule has 0 saturated heterocycles. The van der Waals surface area contributed by atoms with Gasteiger partial charge in [-0.1, -0.05) is 11.6 Å². The molecule has 1 atom stereocenters. The molecule has 2 rings (SSSR count). The van der Waals surface area contributed by atoms with Crippen LogP contribution in [0.2, 0.25) is 5.02 Å². The second kappa shape index (κ2) is 9.89. The van der Waals surface area contributed by atoms with E-state index >= 15 is 0 Å². The van der Waals surface area contributed by atoms with Crippen LogP contribution in [0.4, 0.5) is 0 Å². The van der Waals surface area contributed by atoms with Crippen LogP contribution in [0.1, 0.15) is 32.3 Å². The molecule has 0 amide bonds. The van der Waals surface area contributed by atoms with E-state index in [9.17, 15) is 14.9 Å². The Morgan fingerprint density at radius 3 is 2.50 bits per heavy atom. The number of nitrogens with zero attached hydrogens (tertiary/aromatic N) is 1. The fourth-order valence-electron chi connectivity index (χ4n) is 2.96. The van der Waals surface area contributed by atoms with Crippen LogP contribution in [0.15, 0.2) is 34.9 Å². The zero-order valence-corrected chi connectivity index (χ0v) is 17.4. The average molecular weight is 437 g/mol. The Hall–Kier alpha value is -3.38. The molecule has 1 aromatic carbocycles. The Balaban J connectivity index is 2.68. The molecule has 3 N–H and O–H groups in total. The molecule has 0 saturated carbocycles. The molecule has 160 valence electrons. The van der Waals surface area contributed by atoms with Crippen molar-refractivity contribution in [2.24, 2.45) is 5.73 Å². The third kappa shape index (κ3) is 4.78. The molecule has 1 aliphatic rings. The molecule has 1 heterocycles. The maximum absolute atomic E-state index is 12.6. The van der Waals surface area contributed by atoms with Crippen LogP contribution < -0.4 is 15.2 Å². The largest absolute Gasteiger partial charge is 0.490 e. The molecule has 1 aromatic rings. The maximum Gasteiger partial charge on any atom is 0.341 e. The number of hydrogen-bond donors (Lipinski definition) is 2. The van der Waals surface area contributed by atoms with Crippen molar-refractivity contribution in [1.82, 2.24) is 0 Å². The molecule has 9 nitrogen and oxygen atoms in total. The number of ether oxygens (including phenoxy) is 4. The van der Waals surface area contributed by atoms with Gasteiger partial charge in [0.2, 0.25) is 5.88 Å². The third-order valence-electron chi connectivity index (χ3n) is 4.13. The second-order valence-corrected chi connectivity index (χ2v) is 6.46. The monoisotopic (exact) mass is 436 g/mol. The minimum Gasteiger partial charge on any atom is -0.490 e. The zero-order valence-electron chi connectivity index (χ0n) is 16.7. The Kier molecular flexibility index (Phi) is 7.55. The van der Waals surface area contributed by atoms with Gasteiger partial charge in [-0.2, -0.15) is 5.26 Å². The number of carbonyl (C=O) groups excluding carboxylic acids is 1. The summed E-state index contributed by atoms with van der Waals surface area (Å²) in [5.41, 5.74) is 6.27. The van der Waals surface area contributed by atoms with Crippen molar-refractivity contribution in [3.63, 3.8) is 0 Å². The molecule has 1 unspecified atom stereocenters. The van der Waals surface area contributed by atoms with Crippen molar-refractivity contribution >= 4 is 23.5 Å². The topological polar surface area (TPSA) is 141 Å². The molecule has 0 aromatic heterocycles. The molecule has 1 aliphatic heterocycles. The minimum absolute atomic E-state index is 0.0211. The van der Waals surface area contributed by atoms with Crippen LogP contribution in [-0.4, -0.2) is 36.9 Å². The number of hydrogen-bond acceptors (Lipinski definition) is 8. The van der Waals surface area contributed by atoms with Crippen molar-refractivity contribution in [3.05, 3.63) is 45.5 Å². The summed E-state index contributed by atoms with van der Waals surface area (Å²) in [6.07, 6.45) is 0. The Bertz CT molecular complexity index is 963. The molecular weight excluding hydrogens is 416 g/mol. The van der Waals surface area contributed by atoms with E-state index in [-0.39, 0.29) is 52.5 Å². The molecule has 0 bridgehead atoms. The predicted octanol–water partition coefficient (Wildman–Crippen LogP) is 2.85. The van der Waals surface area contributed by atoms with Gasteiger partial charge >= 0.3 is 11.9 Å². The van der Waals surface area contributed by atoms with E-state index in [0.29, 0.717) is 5.56 Å². The summed E-state index contributed by atoms with van der Waals surface area (Å²) in [5, 5.41) is 18.6. The SMILES string of the molecule is CCOC(=O)C1=C(C)OC(N)=C(C#N)C1c1cc(OCC)c(OCC(=O)O)cc1Cl. The van der Waals surface area contributed by atoms with Gasteiger partial charge in [-0.3, -0.25) is 0 Å². The average Bonchev–Trinajstić information content (AvgIpc) is 2.67. The highest BCUT2D eigenvalue weighted by Gasteiger charge is 2.38. The van der Waals surface area contributed by atoms with E-state index in [4.69, 9.17) is 41.4 Å². The summed E-state index contributed by atoms with van der Waals surface area (Å²) in [6, 6.07) is 4.81. The normalized spacial score (nSPS) is 15.9. The van der Waals surface area contributed by atoms with E-state index in [1.807, 2.05) is 6.07 Å². The van der Waals surface area contributed by atoms with Gasteiger partial charge in [-0.25, -0.2) is 9.59 Å². The second-order valence-electron chi connectivity index (χ2n) is 6.05. The molecule has 0 radical (unpaired) electrons. The number of aliphatic carboxylic acids is 1. The fourth-order valence-corrected chi connectivity index (χ4v) is 3.22. The van der Waals surface area contributed by atoms with E-state index in [1.165, 1.54) is 19.1 Å². The summed E-state index contributed by atoms with van der Waals surface area (Å²) in [6.45, 7) is 4.68. The summed E-state index contributed by atoms with van der Waals surface area (Å²) in [4.78, 5) is 23.5. The number of halogens is 1. The Labute approximate surface area is 178 Å². The van der Waals surface area contributed by atoms with Gasteiger partial charge in [0.1, 0.15) is 17.4 Å². The van der Waals surface area contributed by atoms with Crippen LogP contribution in [0, 0.1) is 11.3 Å². The van der Waals surface area contributed by atoms with Crippen LogP contribution in [-0.2, 0) is 19.1 Å². The first-order chi connectivity index (χ1) is 14.2. The third-order valence-corrected chi connectivity index (χ3v) is 4.45. The number of nitriles is 1. The molecule has 30 heavy (non-hydrogen) atoms. The first-order valence-corrected chi connectivity index (χ1v) is 9.39. The van der Waals surface area contributed by atoms with Gasteiger partial charge in [0.05, 0.1) is 24.7 Å². The van der Waals surface area contributed by atoms with Gasteiger partial charge < -0.3 is 29.8 Å². The number of allylic oxidation sites excluding steroid dienone is 2. The highest BCUT2D eigenvalue weighted by Crippen LogP contribution is 2.45. The molecule has 0 aliphatic carbocycles. The summed E-state index contributed by atoms with van der Waals surface area (Å²) < 4.78 is 21.3. The van der Waals surface area contributed by atoms with Crippen molar-refractivity contribution in [1.29, 1.82) is 5.26 Å². The lowest BCUT2D eigenvalue weighted by molar-refractivity contribution is -0.140. The van der Waals surface area contributed by atoms with Crippen molar-refractivity contribution in [2.75, 3.05) is 19.8 Å². The zero-order chi connectivity index (χ0) is 22.4. The highest BCUT2D eigenvalue weighted by atomic mass is 35.5. The first kappa shape index (κ1) is 22.9. The fraction of sp³-hybridized carbons (Fsp3) is 0.350. The lowest BCUT2D eigenvalue weighted by atomic mass is 9.83. The number of carboxylic acid groups (broad SMARTS) is 1. The van der Waals surface area contributed by atoms with Gasteiger partial charge in [0, 0.05) is 11.1 Å². The number of carboxylic acids is 1. The van der Waals surface area contributed by atoms with E-state index in [1.54, 1.807) is 13.8 Å². The van der Waals surface area contributed by atoms with Crippen LogP contribution in [0.3, 0.4) is 0 Å².